The van der Waals surface area contributed by atoms with E-state index < -0.39 is 16.4 Å². The number of rotatable bonds is 17. The molecule has 0 unspecified atom stereocenters. The summed E-state index contributed by atoms with van der Waals surface area (Å²) < 4.78 is 32.2. The first-order valence-electron chi connectivity index (χ1n) is 9.76. The van der Waals surface area contributed by atoms with Crippen molar-refractivity contribution in [3.63, 3.8) is 0 Å². The fourth-order valence-corrected chi connectivity index (χ4v) is 2.80. The Hall–Kier alpha value is 0.0800. The van der Waals surface area contributed by atoms with Gasteiger partial charge in [-0.05, 0) is 18.9 Å². The van der Waals surface area contributed by atoms with Crippen LogP contribution in [0, 0.1) is 0 Å². The molecule has 0 aromatic carbocycles. The molecular weight excluding hydrogens is 379 g/mol. The zero-order valence-electron chi connectivity index (χ0n) is 17.5. The number of hydrogen-bond donors (Lipinski definition) is 0. The van der Waals surface area contributed by atoms with E-state index in [1.54, 1.807) is 0 Å². The Labute approximate surface area is 188 Å². The zero-order valence-corrected chi connectivity index (χ0v) is 20.4. The monoisotopic (exact) mass is 416 g/mol. The van der Waals surface area contributed by atoms with E-state index in [4.69, 9.17) is 18.3 Å². The third kappa shape index (κ3) is 31.0. The van der Waals surface area contributed by atoms with Gasteiger partial charge in [0, 0.05) is 0 Å². The van der Waals surface area contributed by atoms with E-state index in [2.05, 4.69) is 13.5 Å². The average molecular weight is 417 g/mol. The van der Waals surface area contributed by atoms with Crippen molar-refractivity contribution >= 4 is 16.4 Å². The van der Waals surface area contributed by atoms with Crippen molar-refractivity contribution in [1.82, 2.24) is 0 Å². The summed E-state index contributed by atoms with van der Waals surface area (Å²) in [4.78, 5) is 9.14. The van der Waals surface area contributed by atoms with Gasteiger partial charge < -0.3 is 9.90 Å². The second-order valence-corrected chi connectivity index (χ2v) is 7.40. The van der Waals surface area contributed by atoms with Crippen LogP contribution >= 0.6 is 0 Å². The third-order valence-electron chi connectivity index (χ3n) is 3.62. The molecule has 0 N–H and O–H groups in total. The molecule has 6 nitrogen and oxygen atoms in total. The second kappa shape index (κ2) is 24.1. The van der Waals surface area contributed by atoms with Crippen molar-refractivity contribution in [2.75, 3.05) is 13.2 Å². The van der Waals surface area contributed by atoms with Gasteiger partial charge in [0.2, 0.25) is 0 Å². The van der Waals surface area contributed by atoms with Gasteiger partial charge in [0.05, 0.1) is 19.2 Å². The van der Waals surface area contributed by atoms with Gasteiger partial charge in [-0.3, -0.25) is 0 Å². The second-order valence-electron chi connectivity index (χ2n) is 6.11. The van der Waals surface area contributed by atoms with Crippen molar-refractivity contribution < 1.29 is 56.2 Å². The summed E-state index contributed by atoms with van der Waals surface area (Å²) >= 11 is 0. The first-order chi connectivity index (χ1) is 12.4. The van der Waals surface area contributed by atoms with E-state index in [1.807, 2.05) is 6.92 Å². The number of unbranched alkanes of at least 4 members (excludes halogenated alkanes) is 10. The number of carboxylic acid groups (broad SMARTS) is 1. The Morgan fingerprint density at radius 3 is 1.52 bits per heavy atom. The van der Waals surface area contributed by atoms with E-state index in [1.165, 1.54) is 44.9 Å². The molecule has 0 saturated carbocycles. The Kier molecular flexibility index (Phi) is 28.4. The zero-order chi connectivity index (χ0) is 20.1. The Bertz CT molecular complexity index is 426. The minimum absolute atomic E-state index is 0. The van der Waals surface area contributed by atoms with Gasteiger partial charge in [-0.1, -0.05) is 84.6 Å². The third-order valence-corrected chi connectivity index (χ3v) is 4.53. The van der Waals surface area contributed by atoms with Crippen LogP contribution in [-0.4, -0.2) is 27.6 Å². The first kappa shape index (κ1) is 31.8. The summed E-state index contributed by atoms with van der Waals surface area (Å²) in [6, 6.07) is 0. The molecule has 0 aromatic rings. The molecule has 27 heavy (non-hydrogen) atoms. The van der Waals surface area contributed by atoms with Crippen molar-refractivity contribution in [1.29, 1.82) is 0 Å². The quantitative estimate of drug-likeness (QED) is 0.199. The van der Waals surface area contributed by atoms with Crippen molar-refractivity contribution in [2.24, 2.45) is 0 Å². The van der Waals surface area contributed by atoms with Gasteiger partial charge in [-0.2, -0.15) is 8.42 Å². The Morgan fingerprint density at radius 2 is 1.15 bits per heavy atom. The number of hydrogen-bond acceptors (Lipinski definition) is 6. The van der Waals surface area contributed by atoms with Gasteiger partial charge >= 0.3 is 40.0 Å². The van der Waals surface area contributed by atoms with Crippen molar-refractivity contribution in [3.05, 3.63) is 12.7 Å². The molecule has 8 heteroatoms. The number of carbonyl (C=O) groups is 1. The van der Waals surface area contributed by atoms with Gasteiger partial charge in [0.1, 0.15) is 0 Å². The summed E-state index contributed by atoms with van der Waals surface area (Å²) in [5.41, 5.74) is 0. The summed E-state index contributed by atoms with van der Waals surface area (Å²) in [5.74, 6) is -1.23. The van der Waals surface area contributed by atoms with Crippen LogP contribution in [-0.2, 0) is 23.6 Å². The smallest absolute Gasteiger partial charge is 0.545 e. The molecule has 0 aliphatic heterocycles. The van der Waals surface area contributed by atoms with E-state index in [9.17, 15) is 8.42 Å². The van der Waals surface area contributed by atoms with Crippen LogP contribution in [0.2, 0.25) is 0 Å². The molecule has 0 saturated heterocycles. The molecule has 0 spiro atoms. The van der Waals surface area contributed by atoms with Crippen LogP contribution < -0.4 is 34.7 Å². The fourth-order valence-electron chi connectivity index (χ4n) is 2.09. The molecule has 0 radical (unpaired) electrons. The van der Waals surface area contributed by atoms with Gasteiger partial charge in [-0.15, -0.1) is 0 Å². The largest absolute Gasteiger partial charge is 1.00 e. The van der Waals surface area contributed by atoms with Crippen LogP contribution in [0.3, 0.4) is 0 Å². The summed E-state index contributed by atoms with van der Waals surface area (Å²) in [5, 5.41) is 9.14. The van der Waals surface area contributed by atoms with Crippen LogP contribution in [0.15, 0.2) is 12.7 Å². The normalized spacial score (nSPS) is 10.4. The molecule has 156 valence electrons. The standard InChI is InChI=1S/C16H34O4S.C3H4O2.Na/c1-3-5-7-8-9-10-11-12-13-14-16-20-21(17,18)19-15-6-4-2;1-2-3(4)5;/h3-16H2,1-2H3;2H,1H2,(H,4,5);/q;;+1/p-1. The number of aliphatic carboxylic acids is 1. The number of carboxylic acids is 1. The van der Waals surface area contributed by atoms with Crippen LogP contribution in [0.4, 0.5) is 0 Å². The Morgan fingerprint density at radius 1 is 0.815 bits per heavy atom. The van der Waals surface area contributed by atoms with Gasteiger partial charge in [0.25, 0.3) is 0 Å². The van der Waals surface area contributed by atoms with Crippen molar-refractivity contribution in [3.8, 4) is 0 Å². The minimum Gasteiger partial charge on any atom is -0.545 e. The molecule has 0 aliphatic rings. The van der Waals surface area contributed by atoms with E-state index >= 15 is 0 Å². The summed E-state index contributed by atoms with van der Waals surface area (Å²) in [7, 11) is -3.76. The van der Waals surface area contributed by atoms with E-state index in [0.29, 0.717) is 0 Å². The Balaban J connectivity index is -0.000000844. The molecule has 0 aliphatic carbocycles. The molecule has 0 fully saturated rings. The maximum atomic E-state index is 11.3. The van der Waals surface area contributed by atoms with Gasteiger partial charge in [-0.25, -0.2) is 8.37 Å². The van der Waals surface area contributed by atoms with E-state index in [-0.39, 0.29) is 42.8 Å². The van der Waals surface area contributed by atoms with Crippen molar-refractivity contribution in [2.45, 2.75) is 90.9 Å². The SMILES string of the molecule is C=CC(=O)[O-].CCCCCCCCCCCCOS(=O)(=O)OCCCC.[Na+]. The van der Waals surface area contributed by atoms with Crippen LogP contribution in [0.25, 0.3) is 0 Å². The molecular formula is C19H37NaO6S. The topological polar surface area (TPSA) is 92.7 Å². The summed E-state index contributed by atoms with van der Waals surface area (Å²) in [6.07, 6.45) is 14.6. The molecule has 0 bridgehead atoms. The maximum Gasteiger partial charge on any atom is 1.00 e. The molecule has 0 heterocycles. The van der Waals surface area contributed by atoms with E-state index in [0.717, 1.165) is 38.2 Å². The fraction of sp³-hybridized carbons (Fsp3) is 0.842. The molecule has 0 amide bonds. The van der Waals surface area contributed by atoms with Crippen LogP contribution in [0.1, 0.15) is 90.9 Å². The predicted molar refractivity (Wildman–Crippen MR) is 103 cm³/mol. The molecule has 0 atom stereocenters. The minimum atomic E-state index is -3.76. The molecule has 0 rings (SSSR count). The number of carbonyl (C=O) groups excluding carboxylic acids is 1. The predicted octanol–water partition coefficient (Wildman–Crippen LogP) is 0.912. The average Bonchev–Trinajstić information content (AvgIpc) is 2.60. The molecule has 0 aromatic heterocycles. The maximum absolute atomic E-state index is 11.3. The summed E-state index contributed by atoms with van der Waals surface area (Å²) in [6.45, 7) is 7.58. The van der Waals surface area contributed by atoms with Crippen LogP contribution in [0.5, 0.6) is 0 Å². The first-order valence-corrected chi connectivity index (χ1v) is 11.1. The van der Waals surface area contributed by atoms with Gasteiger partial charge in [0.15, 0.2) is 0 Å².